The number of aromatic nitrogens is 2. The first kappa shape index (κ1) is 11.7. The van der Waals surface area contributed by atoms with E-state index in [4.69, 9.17) is 16.7 Å². The second-order valence-electron chi connectivity index (χ2n) is 3.58. The molecule has 0 aliphatic rings. The fourth-order valence-corrected chi connectivity index (χ4v) is 1.70. The van der Waals surface area contributed by atoms with E-state index in [0.717, 1.165) is 11.5 Å². The Labute approximate surface area is 103 Å². The van der Waals surface area contributed by atoms with Crippen LogP contribution >= 0.6 is 11.6 Å². The Morgan fingerprint density at radius 3 is 2.71 bits per heavy atom. The minimum absolute atomic E-state index is 0.0740. The lowest BCUT2D eigenvalue weighted by molar-refractivity contribution is -0.137. The van der Waals surface area contributed by atoms with E-state index < -0.39 is 5.97 Å². The Bertz CT molecular complexity index is 520. The molecule has 4 nitrogen and oxygen atoms in total. The lowest BCUT2D eigenvalue weighted by Gasteiger charge is -2.06. The van der Waals surface area contributed by atoms with Crippen molar-refractivity contribution in [3.05, 3.63) is 47.5 Å². The highest BCUT2D eigenvalue weighted by Gasteiger charge is 2.07. The largest absolute Gasteiger partial charge is 0.481 e. The average molecular weight is 251 g/mol. The van der Waals surface area contributed by atoms with Gasteiger partial charge >= 0.3 is 5.97 Å². The monoisotopic (exact) mass is 250 g/mol. The van der Waals surface area contributed by atoms with Gasteiger partial charge in [-0.05, 0) is 24.3 Å². The Morgan fingerprint density at radius 1 is 1.35 bits per heavy atom. The minimum Gasteiger partial charge on any atom is -0.481 e. The molecular formula is C12H11ClN2O2. The van der Waals surface area contributed by atoms with Gasteiger partial charge in [-0.3, -0.25) is 4.79 Å². The number of hydrogen-bond donors (Lipinski definition) is 1. The number of aryl methyl sites for hydroxylation is 1. The molecule has 1 aromatic carbocycles. The molecule has 1 aromatic heterocycles. The summed E-state index contributed by atoms with van der Waals surface area (Å²) in [5.74, 6) is -0.0922. The van der Waals surface area contributed by atoms with Gasteiger partial charge in [0.15, 0.2) is 0 Å². The third kappa shape index (κ3) is 2.85. The quantitative estimate of drug-likeness (QED) is 0.907. The molecule has 0 aliphatic carbocycles. The van der Waals surface area contributed by atoms with Gasteiger partial charge in [0, 0.05) is 29.5 Å². The Hall–Kier alpha value is -1.81. The molecule has 0 atom stereocenters. The van der Waals surface area contributed by atoms with Crippen molar-refractivity contribution in [2.75, 3.05) is 0 Å². The predicted octanol–water partition coefficient (Wildman–Crippen LogP) is 2.54. The summed E-state index contributed by atoms with van der Waals surface area (Å²) < 4.78 is 1.86. The van der Waals surface area contributed by atoms with Crippen molar-refractivity contribution in [2.24, 2.45) is 0 Å². The molecule has 5 heteroatoms. The Kier molecular flexibility index (Phi) is 3.44. The highest BCUT2D eigenvalue weighted by molar-refractivity contribution is 6.30. The molecule has 2 rings (SSSR count). The Balaban J connectivity index is 2.24. The van der Waals surface area contributed by atoms with Crippen molar-refractivity contribution in [3.63, 3.8) is 0 Å². The first-order valence-corrected chi connectivity index (χ1v) is 5.54. The number of imidazole rings is 1. The molecule has 0 bridgehead atoms. The number of halogens is 1. The number of aliphatic carboxylic acids is 1. The van der Waals surface area contributed by atoms with Crippen LogP contribution in [0.1, 0.15) is 12.2 Å². The summed E-state index contributed by atoms with van der Waals surface area (Å²) in [4.78, 5) is 14.7. The molecule has 1 heterocycles. The van der Waals surface area contributed by atoms with E-state index >= 15 is 0 Å². The summed E-state index contributed by atoms with van der Waals surface area (Å²) >= 11 is 5.81. The highest BCUT2D eigenvalue weighted by atomic mass is 35.5. The second-order valence-corrected chi connectivity index (χ2v) is 4.02. The standard InChI is InChI=1S/C12H11ClN2O2/c13-9-1-3-10(4-2-9)15-8-7-14-11(15)5-6-12(16)17/h1-4,7-8H,5-6H2,(H,16,17). The summed E-state index contributed by atoms with van der Waals surface area (Å²) in [6.45, 7) is 0. The molecule has 2 aromatic rings. The number of hydrogen-bond acceptors (Lipinski definition) is 2. The van der Waals surface area contributed by atoms with Gasteiger partial charge in [0.05, 0.1) is 6.42 Å². The van der Waals surface area contributed by atoms with Crippen LogP contribution in [0.3, 0.4) is 0 Å². The van der Waals surface area contributed by atoms with Gasteiger partial charge in [-0.25, -0.2) is 4.98 Å². The second kappa shape index (κ2) is 5.01. The van der Waals surface area contributed by atoms with Gasteiger partial charge < -0.3 is 9.67 Å². The highest BCUT2D eigenvalue weighted by Crippen LogP contribution is 2.15. The molecule has 0 spiro atoms. The van der Waals surface area contributed by atoms with Gasteiger partial charge in [-0.2, -0.15) is 0 Å². The summed E-state index contributed by atoms with van der Waals surface area (Å²) in [6.07, 6.45) is 3.95. The zero-order chi connectivity index (χ0) is 12.3. The Morgan fingerprint density at radius 2 is 2.06 bits per heavy atom. The van der Waals surface area contributed by atoms with Crippen molar-refractivity contribution < 1.29 is 9.90 Å². The summed E-state index contributed by atoms with van der Waals surface area (Å²) in [5, 5.41) is 9.32. The van der Waals surface area contributed by atoms with E-state index in [2.05, 4.69) is 4.98 Å². The maximum absolute atomic E-state index is 10.5. The zero-order valence-electron chi connectivity index (χ0n) is 9.01. The molecule has 0 fully saturated rings. The first-order valence-electron chi connectivity index (χ1n) is 5.17. The molecular weight excluding hydrogens is 240 g/mol. The van der Waals surface area contributed by atoms with Crippen LogP contribution in [0.2, 0.25) is 5.02 Å². The van der Waals surface area contributed by atoms with Crippen LogP contribution in [-0.2, 0) is 11.2 Å². The number of carboxylic acid groups (broad SMARTS) is 1. The van der Waals surface area contributed by atoms with E-state index in [0.29, 0.717) is 11.4 Å². The third-order valence-electron chi connectivity index (χ3n) is 2.38. The first-order chi connectivity index (χ1) is 8.16. The molecule has 0 saturated carbocycles. The molecule has 88 valence electrons. The fraction of sp³-hybridized carbons (Fsp3) is 0.167. The van der Waals surface area contributed by atoms with Crippen LogP contribution in [0.5, 0.6) is 0 Å². The van der Waals surface area contributed by atoms with E-state index in [9.17, 15) is 4.79 Å². The molecule has 17 heavy (non-hydrogen) atoms. The van der Waals surface area contributed by atoms with E-state index in [-0.39, 0.29) is 6.42 Å². The van der Waals surface area contributed by atoms with E-state index in [1.54, 1.807) is 24.5 Å². The van der Waals surface area contributed by atoms with Crippen molar-refractivity contribution in [1.82, 2.24) is 9.55 Å². The number of benzene rings is 1. The normalized spacial score (nSPS) is 10.4. The smallest absolute Gasteiger partial charge is 0.303 e. The van der Waals surface area contributed by atoms with Crippen molar-refractivity contribution >= 4 is 17.6 Å². The lowest BCUT2D eigenvalue weighted by atomic mass is 10.2. The molecule has 0 amide bonds. The summed E-state index contributed by atoms with van der Waals surface area (Å²) in [6, 6.07) is 7.32. The number of carboxylic acids is 1. The van der Waals surface area contributed by atoms with Crippen LogP contribution in [-0.4, -0.2) is 20.6 Å². The number of nitrogens with zero attached hydrogens (tertiary/aromatic N) is 2. The van der Waals surface area contributed by atoms with Crippen molar-refractivity contribution in [1.29, 1.82) is 0 Å². The van der Waals surface area contributed by atoms with Gasteiger partial charge in [-0.1, -0.05) is 11.6 Å². The SMILES string of the molecule is O=C(O)CCc1nccn1-c1ccc(Cl)cc1. The minimum atomic E-state index is -0.823. The van der Waals surface area contributed by atoms with Crippen LogP contribution in [0.15, 0.2) is 36.7 Å². The fourth-order valence-electron chi connectivity index (χ4n) is 1.57. The van der Waals surface area contributed by atoms with Crippen LogP contribution in [0, 0.1) is 0 Å². The lowest BCUT2D eigenvalue weighted by Crippen LogP contribution is -2.04. The van der Waals surface area contributed by atoms with E-state index in [1.165, 1.54) is 0 Å². The van der Waals surface area contributed by atoms with Crippen LogP contribution in [0.4, 0.5) is 0 Å². The van der Waals surface area contributed by atoms with Gasteiger partial charge in [0.2, 0.25) is 0 Å². The van der Waals surface area contributed by atoms with Crippen molar-refractivity contribution in [3.8, 4) is 5.69 Å². The van der Waals surface area contributed by atoms with Crippen LogP contribution in [0.25, 0.3) is 5.69 Å². The van der Waals surface area contributed by atoms with Crippen LogP contribution < -0.4 is 0 Å². The van der Waals surface area contributed by atoms with E-state index in [1.807, 2.05) is 16.7 Å². The summed E-state index contributed by atoms with van der Waals surface area (Å²) in [7, 11) is 0. The van der Waals surface area contributed by atoms with Crippen molar-refractivity contribution in [2.45, 2.75) is 12.8 Å². The maximum atomic E-state index is 10.5. The van der Waals surface area contributed by atoms with Gasteiger partial charge in [0.1, 0.15) is 5.82 Å². The number of carbonyl (C=O) groups is 1. The zero-order valence-corrected chi connectivity index (χ0v) is 9.76. The average Bonchev–Trinajstić information content (AvgIpc) is 2.75. The topological polar surface area (TPSA) is 55.1 Å². The van der Waals surface area contributed by atoms with Gasteiger partial charge in [-0.15, -0.1) is 0 Å². The molecule has 1 N–H and O–H groups in total. The molecule has 0 aliphatic heterocycles. The molecule has 0 saturated heterocycles. The molecule has 0 radical (unpaired) electrons. The van der Waals surface area contributed by atoms with Gasteiger partial charge in [0.25, 0.3) is 0 Å². The molecule has 0 unspecified atom stereocenters. The third-order valence-corrected chi connectivity index (χ3v) is 2.64. The predicted molar refractivity (Wildman–Crippen MR) is 64.5 cm³/mol. The summed E-state index contributed by atoms with van der Waals surface area (Å²) in [5.41, 5.74) is 0.923. The number of rotatable bonds is 4. The maximum Gasteiger partial charge on any atom is 0.303 e.